The van der Waals surface area contributed by atoms with Crippen molar-refractivity contribution in [2.75, 3.05) is 13.1 Å². The molecule has 1 nitrogen and oxygen atoms in total. The van der Waals surface area contributed by atoms with Gasteiger partial charge in [-0.2, -0.15) is 0 Å². The van der Waals surface area contributed by atoms with E-state index < -0.39 is 5.67 Å². The second-order valence-electron chi connectivity index (χ2n) is 4.76. The minimum atomic E-state index is -0.951. The zero-order valence-corrected chi connectivity index (χ0v) is 7.95. The Kier molecular flexibility index (Phi) is 1.99. The molecule has 1 aliphatic heterocycles. The van der Waals surface area contributed by atoms with Gasteiger partial charge in [-0.05, 0) is 34.1 Å². The largest absolute Gasteiger partial charge is 0.295 e. The highest BCUT2D eigenvalue weighted by molar-refractivity contribution is 4.91. The molecular weight excluding hydrogens is 141 g/mol. The fraction of sp³-hybridized carbons (Fsp3) is 1.00. The first-order valence-electron chi connectivity index (χ1n) is 4.25. The summed E-state index contributed by atoms with van der Waals surface area (Å²) in [6.45, 7) is 9.59. The van der Waals surface area contributed by atoms with E-state index in [1.54, 1.807) is 6.92 Å². The first-order chi connectivity index (χ1) is 4.81. The quantitative estimate of drug-likeness (QED) is 0.524. The van der Waals surface area contributed by atoms with Crippen LogP contribution in [0, 0.1) is 0 Å². The Balaban J connectivity index is 2.55. The van der Waals surface area contributed by atoms with Crippen molar-refractivity contribution in [3.05, 3.63) is 0 Å². The Morgan fingerprint density at radius 2 is 1.91 bits per heavy atom. The molecule has 1 unspecified atom stereocenters. The Hall–Kier alpha value is -0.110. The molecule has 66 valence electrons. The molecule has 0 bridgehead atoms. The van der Waals surface area contributed by atoms with E-state index in [4.69, 9.17) is 0 Å². The molecule has 0 aromatic heterocycles. The molecule has 1 fully saturated rings. The number of likely N-dealkylation sites (tertiary alicyclic amines) is 1. The molecule has 0 aromatic carbocycles. The number of rotatable bonds is 0. The van der Waals surface area contributed by atoms with E-state index in [2.05, 4.69) is 25.7 Å². The van der Waals surface area contributed by atoms with E-state index in [9.17, 15) is 4.39 Å². The molecule has 0 amide bonds. The highest BCUT2D eigenvalue weighted by atomic mass is 19.1. The van der Waals surface area contributed by atoms with E-state index in [0.29, 0.717) is 13.0 Å². The number of halogens is 1. The Bertz CT molecular complexity index is 146. The van der Waals surface area contributed by atoms with Gasteiger partial charge < -0.3 is 0 Å². The van der Waals surface area contributed by atoms with Gasteiger partial charge in [0.05, 0.1) is 0 Å². The van der Waals surface area contributed by atoms with E-state index in [1.165, 1.54) is 0 Å². The molecule has 1 atom stereocenters. The van der Waals surface area contributed by atoms with Crippen LogP contribution < -0.4 is 0 Å². The Labute approximate surface area is 68.6 Å². The van der Waals surface area contributed by atoms with Crippen LogP contribution in [0.25, 0.3) is 0 Å². The fourth-order valence-corrected chi connectivity index (χ4v) is 1.50. The maximum atomic E-state index is 13.3. The lowest BCUT2D eigenvalue weighted by Crippen LogP contribution is -2.41. The zero-order valence-electron chi connectivity index (χ0n) is 7.95. The first-order valence-corrected chi connectivity index (χ1v) is 4.25. The van der Waals surface area contributed by atoms with Crippen molar-refractivity contribution in [3.8, 4) is 0 Å². The molecule has 0 saturated carbocycles. The minimum absolute atomic E-state index is 0.129. The summed E-state index contributed by atoms with van der Waals surface area (Å²) >= 11 is 0. The van der Waals surface area contributed by atoms with Crippen LogP contribution in [-0.4, -0.2) is 29.2 Å². The third kappa shape index (κ3) is 2.16. The van der Waals surface area contributed by atoms with Crippen molar-refractivity contribution >= 4 is 0 Å². The molecular formula is C9H18FN. The van der Waals surface area contributed by atoms with Gasteiger partial charge in [-0.15, -0.1) is 0 Å². The van der Waals surface area contributed by atoms with E-state index in [0.717, 1.165) is 6.54 Å². The smallest absolute Gasteiger partial charge is 0.122 e. The van der Waals surface area contributed by atoms with E-state index in [1.807, 2.05) is 0 Å². The third-order valence-electron chi connectivity index (χ3n) is 2.37. The summed E-state index contributed by atoms with van der Waals surface area (Å²) in [5.41, 5.74) is -0.822. The zero-order chi connectivity index (χ0) is 8.70. The van der Waals surface area contributed by atoms with Crippen LogP contribution in [0.1, 0.15) is 34.1 Å². The summed E-state index contributed by atoms with van der Waals surface area (Å²) in [6.07, 6.45) is 0.685. The standard InChI is InChI=1S/C9H18FN/c1-8(2,3)11-6-5-9(4,10)7-11/h5-7H2,1-4H3. The van der Waals surface area contributed by atoms with Crippen molar-refractivity contribution in [3.63, 3.8) is 0 Å². The monoisotopic (exact) mass is 159 g/mol. The number of nitrogens with zero attached hydrogens (tertiary/aromatic N) is 1. The van der Waals surface area contributed by atoms with E-state index in [-0.39, 0.29) is 5.54 Å². The van der Waals surface area contributed by atoms with Crippen LogP contribution in [-0.2, 0) is 0 Å². The Morgan fingerprint density at radius 1 is 1.36 bits per heavy atom. The topological polar surface area (TPSA) is 3.24 Å². The van der Waals surface area contributed by atoms with Gasteiger partial charge >= 0.3 is 0 Å². The summed E-state index contributed by atoms with van der Waals surface area (Å²) in [5.74, 6) is 0. The SMILES string of the molecule is CC1(F)CCN(C(C)(C)C)C1. The van der Waals surface area contributed by atoms with Gasteiger partial charge in [0, 0.05) is 18.6 Å². The third-order valence-corrected chi connectivity index (χ3v) is 2.37. The van der Waals surface area contributed by atoms with Crippen molar-refractivity contribution in [1.82, 2.24) is 4.90 Å². The number of alkyl halides is 1. The van der Waals surface area contributed by atoms with Crippen molar-refractivity contribution in [2.45, 2.75) is 45.3 Å². The normalized spacial score (nSPS) is 34.6. The van der Waals surface area contributed by atoms with Gasteiger partial charge in [0.2, 0.25) is 0 Å². The molecule has 1 saturated heterocycles. The second-order valence-corrected chi connectivity index (χ2v) is 4.76. The van der Waals surface area contributed by atoms with Crippen LogP contribution >= 0.6 is 0 Å². The van der Waals surface area contributed by atoms with Gasteiger partial charge in [0.25, 0.3) is 0 Å². The number of hydrogen-bond donors (Lipinski definition) is 0. The lowest BCUT2D eigenvalue weighted by Gasteiger charge is -2.31. The molecule has 11 heavy (non-hydrogen) atoms. The van der Waals surface area contributed by atoms with Crippen LogP contribution in [0.2, 0.25) is 0 Å². The lowest BCUT2D eigenvalue weighted by molar-refractivity contribution is 0.129. The molecule has 1 aliphatic rings. The highest BCUT2D eigenvalue weighted by Crippen LogP contribution is 2.29. The van der Waals surface area contributed by atoms with Gasteiger partial charge in [-0.3, -0.25) is 4.90 Å². The molecule has 0 aromatic rings. The molecule has 2 heteroatoms. The van der Waals surface area contributed by atoms with Gasteiger partial charge in [-0.25, -0.2) is 4.39 Å². The average Bonchev–Trinajstić information content (AvgIpc) is 2.07. The van der Waals surface area contributed by atoms with Gasteiger partial charge in [-0.1, -0.05) is 0 Å². The summed E-state index contributed by atoms with van der Waals surface area (Å²) in [7, 11) is 0. The predicted octanol–water partition coefficient (Wildman–Crippen LogP) is 2.22. The molecule has 0 N–H and O–H groups in total. The first kappa shape index (κ1) is 8.98. The van der Waals surface area contributed by atoms with Gasteiger partial charge in [0.15, 0.2) is 0 Å². The molecule has 0 spiro atoms. The summed E-state index contributed by atoms with van der Waals surface area (Å²) in [4.78, 5) is 2.20. The van der Waals surface area contributed by atoms with Crippen LogP contribution in [0.5, 0.6) is 0 Å². The predicted molar refractivity (Wildman–Crippen MR) is 45.5 cm³/mol. The average molecular weight is 159 g/mol. The Morgan fingerprint density at radius 3 is 2.09 bits per heavy atom. The summed E-state index contributed by atoms with van der Waals surface area (Å²) < 4.78 is 13.3. The van der Waals surface area contributed by atoms with Crippen molar-refractivity contribution in [1.29, 1.82) is 0 Å². The van der Waals surface area contributed by atoms with Gasteiger partial charge in [0.1, 0.15) is 5.67 Å². The molecule has 0 radical (unpaired) electrons. The summed E-state index contributed by atoms with van der Waals surface area (Å²) in [6, 6.07) is 0. The van der Waals surface area contributed by atoms with Crippen LogP contribution in [0.3, 0.4) is 0 Å². The second kappa shape index (κ2) is 2.44. The molecule has 0 aliphatic carbocycles. The fourth-order valence-electron chi connectivity index (χ4n) is 1.50. The molecule has 1 rings (SSSR count). The maximum Gasteiger partial charge on any atom is 0.122 e. The lowest BCUT2D eigenvalue weighted by atomic mass is 10.1. The summed E-state index contributed by atoms with van der Waals surface area (Å²) in [5, 5.41) is 0. The van der Waals surface area contributed by atoms with Crippen molar-refractivity contribution < 1.29 is 4.39 Å². The van der Waals surface area contributed by atoms with Crippen LogP contribution in [0.15, 0.2) is 0 Å². The highest BCUT2D eigenvalue weighted by Gasteiger charge is 2.37. The minimum Gasteiger partial charge on any atom is -0.295 e. The maximum absolute atomic E-state index is 13.3. The number of hydrogen-bond acceptors (Lipinski definition) is 1. The van der Waals surface area contributed by atoms with E-state index >= 15 is 0 Å². The van der Waals surface area contributed by atoms with Crippen molar-refractivity contribution in [2.24, 2.45) is 0 Å². The van der Waals surface area contributed by atoms with Crippen LogP contribution in [0.4, 0.5) is 4.39 Å². The molecule has 1 heterocycles.